The normalized spacial score (nSPS) is 10.1. The molecule has 0 aliphatic carbocycles. The second-order valence-electron chi connectivity index (χ2n) is 4.94. The van der Waals surface area contributed by atoms with Crippen LogP contribution in [-0.4, -0.2) is 14.2 Å². The molecule has 0 fully saturated rings. The first-order valence-electron chi connectivity index (χ1n) is 6.96. The van der Waals surface area contributed by atoms with Crippen LogP contribution in [0.1, 0.15) is 22.3 Å². The van der Waals surface area contributed by atoms with Gasteiger partial charge in [-0.3, -0.25) is 0 Å². The Morgan fingerprint density at radius 1 is 1.00 bits per heavy atom. The van der Waals surface area contributed by atoms with Gasteiger partial charge < -0.3 is 9.47 Å². The van der Waals surface area contributed by atoms with Gasteiger partial charge in [0.05, 0.1) is 25.9 Å². The molecule has 0 aromatic heterocycles. The van der Waals surface area contributed by atoms with Crippen LogP contribution in [0.5, 0.6) is 11.5 Å². The lowest BCUT2D eigenvalue weighted by atomic mass is 10.1. The minimum absolute atomic E-state index is 0.699. The van der Waals surface area contributed by atoms with E-state index >= 15 is 0 Å². The number of rotatable bonds is 6. The molecule has 0 N–H and O–H groups in total. The summed E-state index contributed by atoms with van der Waals surface area (Å²) in [4.78, 5) is 0. The molecule has 0 aliphatic rings. The Morgan fingerprint density at radius 3 is 2.23 bits per heavy atom. The number of nitriles is 1. The highest BCUT2D eigenvalue weighted by Crippen LogP contribution is 2.32. The number of benzene rings is 2. The largest absolute Gasteiger partial charge is 0.493 e. The molecule has 2 aromatic carbocycles. The zero-order valence-electron chi connectivity index (χ0n) is 13.1. The van der Waals surface area contributed by atoms with Gasteiger partial charge in [-0.2, -0.15) is 17.0 Å². The molecular formula is C18H19NO2S. The molecule has 4 heteroatoms. The van der Waals surface area contributed by atoms with Gasteiger partial charge in [-0.15, -0.1) is 0 Å². The van der Waals surface area contributed by atoms with Crippen LogP contribution in [0.4, 0.5) is 0 Å². The monoisotopic (exact) mass is 313 g/mol. The van der Waals surface area contributed by atoms with Crippen LogP contribution >= 0.6 is 11.8 Å². The molecule has 0 unspecified atom stereocenters. The molecule has 2 rings (SSSR count). The number of ether oxygens (including phenoxy) is 2. The van der Waals surface area contributed by atoms with E-state index in [0.717, 1.165) is 23.0 Å². The molecule has 0 heterocycles. The van der Waals surface area contributed by atoms with Crippen molar-refractivity contribution in [1.29, 1.82) is 5.26 Å². The van der Waals surface area contributed by atoms with Crippen LogP contribution < -0.4 is 9.47 Å². The lowest BCUT2D eigenvalue weighted by Crippen LogP contribution is -1.95. The number of nitrogens with zero attached hydrogens (tertiary/aromatic N) is 1. The molecule has 0 saturated heterocycles. The maximum absolute atomic E-state index is 8.80. The molecule has 2 aromatic rings. The molecule has 0 radical (unpaired) electrons. The average Bonchev–Trinajstić information content (AvgIpc) is 2.56. The maximum atomic E-state index is 8.80. The molecule has 0 amide bonds. The molecule has 0 aliphatic heterocycles. The first-order valence-corrected chi connectivity index (χ1v) is 8.11. The Morgan fingerprint density at radius 2 is 1.64 bits per heavy atom. The van der Waals surface area contributed by atoms with Crippen LogP contribution in [0.3, 0.4) is 0 Å². The van der Waals surface area contributed by atoms with E-state index in [9.17, 15) is 0 Å². The van der Waals surface area contributed by atoms with Crippen LogP contribution in [0, 0.1) is 18.3 Å². The van der Waals surface area contributed by atoms with Gasteiger partial charge in [0.2, 0.25) is 0 Å². The fourth-order valence-corrected chi connectivity index (χ4v) is 3.19. The van der Waals surface area contributed by atoms with E-state index in [-0.39, 0.29) is 0 Å². The van der Waals surface area contributed by atoms with Crippen molar-refractivity contribution in [3.05, 3.63) is 58.7 Å². The highest BCUT2D eigenvalue weighted by Gasteiger charge is 2.08. The van der Waals surface area contributed by atoms with E-state index in [0.29, 0.717) is 5.56 Å². The van der Waals surface area contributed by atoms with Crippen molar-refractivity contribution in [3.8, 4) is 17.6 Å². The summed E-state index contributed by atoms with van der Waals surface area (Å²) in [5.41, 5.74) is 4.37. The van der Waals surface area contributed by atoms with Crippen LogP contribution in [0.2, 0.25) is 0 Å². The van der Waals surface area contributed by atoms with Crippen molar-refractivity contribution < 1.29 is 9.47 Å². The molecule has 3 nitrogen and oxygen atoms in total. The molecule has 0 bridgehead atoms. The zero-order valence-corrected chi connectivity index (χ0v) is 13.9. The van der Waals surface area contributed by atoms with E-state index in [1.54, 1.807) is 14.2 Å². The van der Waals surface area contributed by atoms with Gasteiger partial charge in [0.15, 0.2) is 11.5 Å². The third kappa shape index (κ3) is 3.96. The molecule has 22 heavy (non-hydrogen) atoms. The Hall–Kier alpha value is -2.12. The van der Waals surface area contributed by atoms with Gasteiger partial charge in [-0.1, -0.05) is 12.1 Å². The van der Waals surface area contributed by atoms with Crippen LogP contribution in [-0.2, 0) is 11.5 Å². The fourth-order valence-electron chi connectivity index (χ4n) is 2.13. The summed E-state index contributed by atoms with van der Waals surface area (Å²) in [5, 5.41) is 8.80. The summed E-state index contributed by atoms with van der Waals surface area (Å²) in [7, 11) is 3.30. The van der Waals surface area contributed by atoms with Gasteiger partial charge in [-0.25, -0.2) is 0 Å². The third-order valence-corrected chi connectivity index (χ3v) is 4.50. The van der Waals surface area contributed by atoms with E-state index < -0.39 is 0 Å². The first-order chi connectivity index (χ1) is 10.7. The molecule has 0 saturated carbocycles. The number of methoxy groups -OCH3 is 2. The van der Waals surface area contributed by atoms with Gasteiger partial charge in [0.25, 0.3) is 0 Å². The molecule has 0 atom stereocenters. The van der Waals surface area contributed by atoms with Crippen molar-refractivity contribution in [1.82, 2.24) is 0 Å². The van der Waals surface area contributed by atoms with E-state index in [1.807, 2.05) is 48.2 Å². The van der Waals surface area contributed by atoms with Crippen LogP contribution in [0.15, 0.2) is 36.4 Å². The Bertz CT molecular complexity index is 675. The summed E-state index contributed by atoms with van der Waals surface area (Å²) < 4.78 is 10.7. The summed E-state index contributed by atoms with van der Waals surface area (Å²) in [5.74, 6) is 3.36. The van der Waals surface area contributed by atoms with E-state index in [4.69, 9.17) is 14.7 Å². The van der Waals surface area contributed by atoms with Crippen molar-refractivity contribution in [2.24, 2.45) is 0 Å². The Balaban J connectivity index is 2.00. The minimum Gasteiger partial charge on any atom is -0.493 e. The van der Waals surface area contributed by atoms with Gasteiger partial charge in [0, 0.05) is 11.5 Å². The lowest BCUT2D eigenvalue weighted by molar-refractivity contribution is 0.354. The fraction of sp³-hybridized carbons (Fsp3) is 0.278. The predicted molar refractivity (Wildman–Crippen MR) is 90.4 cm³/mol. The molecular weight excluding hydrogens is 294 g/mol. The summed E-state index contributed by atoms with van der Waals surface area (Å²) in [6.07, 6.45) is 0. The Kier molecular flexibility index (Phi) is 5.74. The SMILES string of the molecule is COc1cc(C)c(CSCc2ccc(C#N)cc2)cc1OC. The lowest BCUT2D eigenvalue weighted by Gasteiger charge is -2.12. The third-order valence-electron chi connectivity index (χ3n) is 3.45. The smallest absolute Gasteiger partial charge is 0.161 e. The minimum atomic E-state index is 0.699. The predicted octanol–water partition coefficient (Wildman–Crippen LogP) is 4.32. The number of aryl methyl sites for hydroxylation is 1. The summed E-state index contributed by atoms with van der Waals surface area (Å²) in [6.45, 7) is 2.08. The molecule has 114 valence electrons. The van der Waals surface area contributed by atoms with Gasteiger partial charge in [-0.05, 0) is 47.9 Å². The highest BCUT2D eigenvalue weighted by atomic mass is 32.2. The van der Waals surface area contributed by atoms with Gasteiger partial charge >= 0.3 is 0 Å². The van der Waals surface area contributed by atoms with Gasteiger partial charge in [0.1, 0.15) is 0 Å². The van der Waals surface area contributed by atoms with Crippen molar-refractivity contribution in [2.75, 3.05) is 14.2 Å². The standard InChI is InChI=1S/C18H19NO2S/c1-13-8-17(20-2)18(21-3)9-16(13)12-22-11-15-6-4-14(10-19)5-7-15/h4-9H,11-12H2,1-3H3. The van der Waals surface area contributed by atoms with Crippen molar-refractivity contribution >= 4 is 11.8 Å². The summed E-state index contributed by atoms with van der Waals surface area (Å²) >= 11 is 1.84. The number of hydrogen-bond donors (Lipinski definition) is 0. The summed E-state index contributed by atoms with van der Waals surface area (Å²) in [6, 6.07) is 13.9. The van der Waals surface area contributed by atoms with Crippen molar-refractivity contribution in [3.63, 3.8) is 0 Å². The second kappa shape index (κ2) is 7.77. The number of hydrogen-bond acceptors (Lipinski definition) is 4. The average molecular weight is 313 g/mol. The van der Waals surface area contributed by atoms with E-state index in [2.05, 4.69) is 13.0 Å². The Labute approximate surface area is 135 Å². The van der Waals surface area contributed by atoms with Crippen LogP contribution in [0.25, 0.3) is 0 Å². The topological polar surface area (TPSA) is 42.2 Å². The zero-order chi connectivity index (χ0) is 15.9. The van der Waals surface area contributed by atoms with E-state index in [1.165, 1.54) is 16.7 Å². The number of thioether (sulfide) groups is 1. The highest BCUT2D eigenvalue weighted by molar-refractivity contribution is 7.97. The van der Waals surface area contributed by atoms with Crippen molar-refractivity contribution in [2.45, 2.75) is 18.4 Å². The first kappa shape index (κ1) is 16.3. The quantitative estimate of drug-likeness (QED) is 0.796. The maximum Gasteiger partial charge on any atom is 0.161 e. The second-order valence-corrected chi connectivity index (χ2v) is 5.92. The molecule has 0 spiro atoms.